The number of aliphatic hydroxyl groups excluding tert-OH is 1. The van der Waals surface area contributed by atoms with Crippen LogP contribution in [0.4, 0.5) is 11.4 Å². The Balaban J connectivity index is 2.35. The lowest BCUT2D eigenvalue weighted by Crippen LogP contribution is -2.20. The van der Waals surface area contributed by atoms with Crippen LogP contribution in [0, 0.1) is 0 Å². The highest BCUT2D eigenvalue weighted by Crippen LogP contribution is 2.29. The first-order chi connectivity index (χ1) is 6.16. The van der Waals surface area contributed by atoms with Gasteiger partial charge in [0, 0.05) is 5.69 Å². The molecule has 0 aliphatic carbocycles. The van der Waals surface area contributed by atoms with E-state index in [2.05, 4.69) is 29.5 Å². The van der Waals surface area contributed by atoms with Crippen LogP contribution in [-0.2, 0) is 0 Å². The fraction of sp³-hybridized carbons (Fsp3) is 0.444. The molecule has 0 fully saturated rings. The van der Waals surface area contributed by atoms with Crippen LogP contribution >= 0.6 is 0 Å². The Bertz CT molecular complexity index is 325. The summed E-state index contributed by atoms with van der Waals surface area (Å²) < 4.78 is 0. The van der Waals surface area contributed by atoms with Crippen molar-refractivity contribution in [3.63, 3.8) is 0 Å². The number of rotatable bonds is 1. The SMILES string of the molecule is CC(C)c1cc2c(cn1)NC(O)N2. The van der Waals surface area contributed by atoms with Gasteiger partial charge in [-0.15, -0.1) is 0 Å². The molecule has 2 rings (SSSR count). The topological polar surface area (TPSA) is 57.2 Å². The summed E-state index contributed by atoms with van der Waals surface area (Å²) in [7, 11) is 0. The second-order valence-corrected chi connectivity index (χ2v) is 3.50. The van der Waals surface area contributed by atoms with Crippen molar-refractivity contribution in [1.82, 2.24) is 4.98 Å². The fourth-order valence-corrected chi connectivity index (χ4v) is 1.35. The third kappa shape index (κ3) is 1.45. The van der Waals surface area contributed by atoms with Gasteiger partial charge in [-0.05, 0) is 12.0 Å². The van der Waals surface area contributed by atoms with Crippen molar-refractivity contribution in [2.75, 3.05) is 10.6 Å². The molecule has 4 heteroatoms. The van der Waals surface area contributed by atoms with E-state index < -0.39 is 6.35 Å². The van der Waals surface area contributed by atoms with Gasteiger partial charge in [-0.1, -0.05) is 13.8 Å². The van der Waals surface area contributed by atoms with Crippen molar-refractivity contribution in [2.45, 2.75) is 26.1 Å². The van der Waals surface area contributed by atoms with Gasteiger partial charge in [-0.3, -0.25) is 4.98 Å². The predicted octanol–water partition coefficient (Wildman–Crippen LogP) is 1.32. The zero-order valence-electron chi connectivity index (χ0n) is 7.70. The second kappa shape index (κ2) is 2.88. The molecule has 0 saturated heterocycles. The summed E-state index contributed by atoms with van der Waals surface area (Å²) in [4.78, 5) is 4.27. The van der Waals surface area contributed by atoms with Gasteiger partial charge in [0.15, 0.2) is 0 Å². The van der Waals surface area contributed by atoms with Crippen LogP contribution in [-0.4, -0.2) is 16.4 Å². The lowest BCUT2D eigenvalue weighted by Gasteiger charge is -2.05. The van der Waals surface area contributed by atoms with Gasteiger partial charge in [-0.25, -0.2) is 0 Å². The molecule has 4 nitrogen and oxygen atoms in total. The lowest BCUT2D eigenvalue weighted by atomic mass is 10.1. The van der Waals surface area contributed by atoms with E-state index in [1.54, 1.807) is 6.20 Å². The average Bonchev–Trinajstić information content (AvgIpc) is 2.42. The Morgan fingerprint density at radius 3 is 2.77 bits per heavy atom. The van der Waals surface area contributed by atoms with Gasteiger partial charge in [-0.2, -0.15) is 0 Å². The summed E-state index contributed by atoms with van der Waals surface area (Å²) in [5, 5.41) is 15.0. The number of fused-ring (bicyclic) bond motifs is 1. The van der Waals surface area contributed by atoms with E-state index in [1.165, 1.54) is 0 Å². The van der Waals surface area contributed by atoms with Gasteiger partial charge in [0.05, 0.1) is 17.6 Å². The van der Waals surface area contributed by atoms with Crippen molar-refractivity contribution in [3.05, 3.63) is 18.0 Å². The molecule has 3 N–H and O–H groups in total. The Hall–Kier alpha value is -1.29. The summed E-state index contributed by atoms with van der Waals surface area (Å²) in [6.45, 7) is 4.18. The van der Waals surface area contributed by atoms with Crippen LogP contribution in [0.5, 0.6) is 0 Å². The number of nitrogens with one attached hydrogen (secondary N) is 2. The van der Waals surface area contributed by atoms with E-state index >= 15 is 0 Å². The fourth-order valence-electron chi connectivity index (χ4n) is 1.35. The highest BCUT2D eigenvalue weighted by atomic mass is 16.3. The van der Waals surface area contributed by atoms with E-state index in [0.29, 0.717) is 5.92 Å². The van der Waals surface area contributed by atoms with Crippen LogP contribution in [0.2, 0.25) is 0 Å². The number of anilines is 2. The van der Waals surface area contributed by atoms with Crippen molar-refractivity contribution >= 4 is 11.4 Å². The average molecular weight is 179 g/mol. The van der Waals surface area contributed by atoms with Gasteiger partial charge in [0.1, 0.15) is 0 Å². The number of aromatic nitrogens is 1. The molecule has 1 aromatic heterocycles. The molecule has 1 atom stereocenters. The van der Waals surface area contributed by atoms with Crippen LogP contribution in [0.1, 0.15) is 25.5 Å². The quantitative estimate of drug-likeness (QED) is 0.608. The maximum absolute atomic E-state index is 9.23. The highest BCUT2D eigenvalue weighted by molar-refractivity contribution is 5.73. The van der Waals surface area contributed by atoms with Crippen molar-refractivity contribution in [3.8, 4) is 0 Å². The van der Waals surface area contributed by atoms with Gasteiger partial charge < -0.3 is 15.7 Å². The molecule has 2 heterocycles. The minimum Gasteiger partial charge on any atom is -0.357 e. The van der Waals surface area contributed by atoms with E-state index in [1.807, 2.05) is 6.07 Å². The first-order valence-electron chi connectivity index (χ1n) is 4.38. The molecule has 13 heavy (non-hydrogen) atoms. The molecule has 0 aromatic carbocycles. The predicted molar refractivity (Wildman–Crippen MR) is 51.6 cm³/mol. The summed E-state index contributed by atoms with van der Waals surface area (Å²) in [6.07, 6.45) is 1.06. The molecular weight excluding hydrogens is 166 g/mol. The number of pyridine rings is 1. The number of aliphatic hydroxyl groups is 1. The Kier molecular flexibility index (Phi) is 1.84. The number of hydrogen-bond acceptors (Lipinski definition) is 4. The highest BCUT2D eigenvalue weighted by Gasteiger charge is 2.17. The van der Waals surface area contributed by atoms with E-state index in [4.69, 9.17) is 0 Å². The molecule has 1 aliphatic heterocycles. The molecule has 0 bridgehead atoms. The first kappa shape index (κ1) is 8.31. The Labute approximate surface area is 77.0 Å². The lowest BCUT2D eigenvalue weighted by molar-refractivity contribution is 0.238. The molecule has 1 aromatic rings. The summed E-state index contributed by atoms with van der Waals surface area (Å²) in [6, 6.07) is 1.96. The standard InChI is InChI=1S/C9H13N3O/c1-5(2)6-3-7-8(4-10-6)12-9(13)11-7/h3-5,9,11-13H,1-2H3. The monoisotopic (exact) mass is 179 g/mol. The Morgan fingerprint density at radius 2 is 2.08 bits per heavy atom. The van der Waals surface area contributed by atoms with Gasteiger partial charge in [0.2, 0.25) is 6.35 Å². The van der Waals surface area contributed by atoms with Crippen LogP contribution in [0.3, 0.4) is 0 Å². The summed E-state index contributed by atoms with van der Waals surface area (Å²) in [5.74, 6) is 0.407. The van der Waals surface area contributed by atoms with Gasteiger partial charge in [0.25, 0.3) is 0 Å². The molecule has 0 saturated carbocycles. The molecule has 1 aliphatic rings. The molecule has 0 spiro atoms. The zero-order chi connectivity index (χ0) is 9.42. The summed E-state index contributed by atoms with van der Waals surface area (Å²) >= 11 is 0. The third-order valence-corrected chi connectivity index (χ3v) is 2.10. The molecule has 0 amide bonds. The van der Waals surface area contributed by atoms with Crippen molar-refractivity contribution in [2.24, 2.45) is 0 Å². The van der Waals surface area contributed by atoms with Crippen molar-refractivity contribution < 1.29 is 5.11 Å². The normalized spacial score (nSPS) is 19.5. The number of nitrogens with zero attached hydrogens (tertiary/aromatic N) is 1. The van der Waals surface area contributed by atoms with E-state index in [9.17, 15) is 5.11 Å². The second-order valence-electron chi connectivity index (χ2n) is 3.50. The van der Waals surface area contributed by atoms with Crippen LogP contribution < -0.4 is 10.6 Å². The van der Waals surface area contributed by atoms with Crippen LogP contribution in [0.25, 0.3) is 0 Å². The summed E-state index contributed by atoms with van der Waals surface area (Å²) in [5.41, 5.74) is 2.81. The minimum absolute atomic E-state index is 0.407. The smallest absolute Gasteiger partial charge is 0.203 e. The third-order valence-electron chi connectivity index (χ3n) is 2.10. The first-order valence-corrected chi connectivity index (χ1v) is 4.38. The molecule has 70 valence electrons. The maximum Gasteiger partial charge on any atom is 0.203 e. The Morgan fingerprint density at radius 1 is 1.38 bits per heavy atom. The van der Waals surface area contributed by atoms with Gasteiger partial charge >= 0.3 is 0 Å². The molecule has 1 unspecified atom stereocenters. The zero-order valence-corrected chi connectivity index (χ0v) is 7.70. The molecular formula is C9H13N3O. The minimum atomic E-state index is -0.681. The van der Waals surface area contributed by atoms with E-state index in [0.717, 1.165) is 17.1 Å². The molecule has 0 radical (unpaired) electrons. The maximum atomic E-state index is 9.23. The van der Waals surface area contributed by atoms with Crippen LogP contribution in [0.15, 0.2) is 12.3 Å². The van der Waals surface area contributed by atoms with Crippen molar-refractivity contribution in [1.29, 1.82) is 0 Å². The largest absolute Gasteiger partial charge is 0.357 e. The number of hydrogen-bond donors (Lipinski definition) is 3. The van der Waals surface area contributed by atoms with E-state index in [-0.39, 0.29) is 0 Å².